The van der Waals surface area contributed by atoms with Gasteiger partial charge in [0.25, 0.3) is 0 Å². The molecule has 3 heterocycles. The molecule has 0 atom stereocenters. The van der Waals surface area contributed by atoms with E-state index in [2.05, 4.69) is 140 Å². The molecule has 4 heteroatoms. The number of thiophene rings is 1. The third-order valence-corrected chi connectivity index (χ3v) is 10.5. The lowest BCUT2D eigenvalue weighted by Crippen LogP contribution is -1.94. The molecule has 10 aromatic rings. The molecule has 10 rings (SSSR count). The van der Waals surface area contributed by atoms with Crippen LogP contribution in [0.2, 0.25) is 0 Å². The SMILES string of the molecule is c1ccc(-c2ccc(-c3nc(-c4cccc5oc6cc(-c7ccc8ccccc8c7)ccc6c45)nc4c3sc3ccccc34)cc2)cc1. The second kappa shape index (κ2) is 10.7. The van der Waals surface area contributed by atoms with Gasteiger partial charge in [-0.25, -0.2) is 9.97 Å². The van der Waals surface area contributed by atoms with Crippen LogP contribution in [0.5, 0.6) is 0 Å². The van der Waals surface area contributed by atoms with Crippen LogP contribution in [-0.2, 0) is 0 Å². The quantitative estimate of drug-likeness (QED) is 0.194. The summed E-state index contributed by atoms with van der Waals surface area (Å²) in [5.41, 5.74) is 10.3. The first kappa shape index (κ1) is 27.1. The van der Waals surface area contributed by atoms with Crippen LogP contribution in [0.4, 0.5) is 0 Å². The molecule has 0 saturated heterocycles. The molecular weight excluding hydrogens is 605 g/mol. The van der Waals surface area contributed by atoms with Crippen molar-refractivity contribution in [1.82, 2.24) is 9.97 Å². The van der Waals surface area contributed by atoms with E-state index < -0.39 is 0 Å². The Morgan fingerprint density at radius 2 is 1.17 bits per heavy atom. The highest BCUT2D eigenvalue weighted by Crippen LogP contribution is 2.42. The van der Waals surface area contributed by atoms with Crippen LogP contribution in [0.15, 0.2) is 162 Å². The summed E-state index contributed by atoms with van der Waals surface area (Å²) in [6, 6.07) is 55.5. The molecule has 224 valence electrons. The summed E-state index contributed by atoms with van der Waals surface area (Å²) < 4.78 is 8.82. The first-order valence-electron chi connectivity index (χ1n) is 16.1. The van der Waals surface area contributed by atoms with E-state index in [0.29, 0.717) is 5.82 Å². The number of hydrogen-bond acceptors (Lipinski definition) is 4. The molecule has 0 spiro atoms. The van der Waals surface area contributed by atoms with Gasteiger partial charge >= 0.3 is 0 Å². The molecule has 0 saturated carbocycles. The summed E-state index contributed by atoms with van der Waals surface area (Å²) in [5.74, 6) is 0.695. The van der Waals surface area contributed by atoms with Gasteiger partial charge < -0.3 is 4.42 Å². The lowest BCUT2D eigenvalue weighted by atomic mass is 9.99. The van der Waals surface area contributed by atoms with Crippen LogP contribution in [0.3, 0.4) is 0 Å². The Balaban J connectivity index is 1.16. The third kappa shape index (κ3) is 4.34. The first-order valence-corrected chi connectivity index (χ1v) is 16.9. The van der Waals surface area contributed by atoms with E-state index in [1.807, 2.05) is 18.2 Å². The minimum atomic E-state index is 0.695. The number of hydrogen-bond donors (Lipinski definition) is 0. The highest BCUT2D eigenvalue weighted by Gasteiger charge is 2.20. The van der Waals surface area contributed by atoms with E-state index in [0.717, 1.165) is 65.5 Å². The first-order chi connectivity index (χ1) is 23.8. The van der Waals surface area contributed by atoms with E-state index in [-0.39, 0.29) is 0 Å². The minimum absolute atomic E-state index is 0.695. The largest absolute Gasteiger partial charge is 0.456 e. The average molecular weight is 631 g/mol. The Bertz CT molecular complexity index is 2830. The van der Waals surface area contributed by atoms with Crippen molar-refractivity contribution >= 4 is 64.4 Å². The maximum atomic E-state index is 6.52. The molecule has 0 aliphatic rings. The van der Waals surface area contributed by atoms with Crippen LogP contribution < -0.4 is 0 Å². The molecule has 0 N–H and O–H groups in total. The second-order valence-corrected chi connectivity index (χ2v) is 13.2. The van der Waals surface area contributed by atoms with E-state index >= 15 is 0 Å². The molecule has 0 aliphatic heterocycles. The lowest BCUT2D eigenvalue weighted by Gasteiger charge is -2.09. The number of nitrogens with zero attached hydrogens (tertiary/aromatic N) is 2. The molecular formula is C44H26N2OS. The van der Waals surface area contributed by atoms with Crippen LogP contribution in [-0.4, -0.2) is 9.97 Å². The smallest absolute Gasteiger partial charge is 0.161 e. The summed E-state index contributed by atoms with van der Waals surface area (Å²) in [7, 11) is 0. The molecule has 0 aliphatic carbocycles. The third-order valence-electron chi connectivity index (χ3n) is 9.31. The van der Waals surface area contributed by atoms with Gasteiger partial charge in [0.15, 0.2) is 5.82 Å². The standard InChI is InChI=1S/C44H26N2OS/c1-2-9-27(10-3-1)29-17-20-30(21-18-29)41-43-42(35-13-6-7-16-39(35)48-43)46-44(45-41)36-14-8-15-37-40(36)34-24-23-33(26-38(34)47-37)32-22-19-28-11-4-5-12-31(28)25-32/h1-26H. The summed E-state index contributed by atoms with van der Waals surface area (Å²) in [6.45, 7) is 0. The predicted octanol–water partition coefficient (Wildman–Crippen LogP) is 12.6. The summed E-state index contributed by atoms with van der Waals surface area (Å²) >= 11 is 1.75. The van der Waals surface area contributed by atoms with Crippen molar-refractivity contribution in [3.8, 4) is 44.9 Å². The molecule has 0 fully saturated rings. The van der Waals surface area contributed by atoms with Gasteiger partial charge in [-0.3, -0.25) is 0 Å². The van der Waals surface area contributed by atoms with Crippen LogP contribution in [0.1, 0.15) is 0 Å². The van der Waals surface area contributed by atoms with Gasteiger partial charge in [-0.2, -0.15) is 0 Å². The highest BCUT2D eigenvalue weighted by atomic mass is 32.1. The van der Waals surface area contributed by atoms with E-state index in [1.165, 1.54) is 26.6 Å². The minimum Gasteiger partial charge on any atom is -0.456 e. The fourth-order valence-corrected chi connectivity index (χ4v) is 8.07. The molecule has 48 heavy (non-hydrogen) atoms. The van der Waals surface area contributed by atoms with Crippen LogP contribution >= 0.6 is 11.3 Å². The number of aromatic nitrogens is 2. The Hall–Kier alpha value is -6.10. The summed E-state index contributed by atoms with van der Waals surface area (Å²) in [5, 5.41) is 5.69. The molecule has 0 unspecified atom stereocenters. The van der Waals surface area contributed by atoms with Crippen molar-refractivity contribution < 1.29 is 4.42 Å². The Morgan fingerprint density at radius 1 is 0.458 bits per heavy atom. The van der Waals surface area contributed by atoms with Crippen molar-refractivity contribution in [2.45, 2.75) is 0 Å². The van der Waals surface area contributed by atoms with Gasteiger partial charge in [-0.15, -0.1) is 11.3 Å². The number of rotatable bonds is 4. The zero-order valence-corrected chi connectivity index (χ0v) is 26.5. The van der Waals surface area contributed by atoms with Crippen molar-refractivity contribution in [3.05, 3.63) is 158 Å². The molecule has 3 aromatic heterocycles. The highest BCUT2D eigenvalue weighted by molar-refractivity contribution is 7.26. The summed E-state index contributed by atoms with van der Waals surface area (Å²) in [4.78, 5) is 10.6. The van der Waals surface area contributed by atoms with E-state index in [4.69, 9.17) is 14.4 Å². The molecule has 0 radical (unpaired) electrons. The topological polar surface area (TPSA) is 38.9 Å². The number of fused-ring (bicyclic) bond motifs is 7. The predicted molar refractivity (Wildman–Crippen MR) is 201 cm³/mol. The van der Waals surface area contributed by atoms with Crippen molar-refractivity contribution in [3.63, 3.8) is 0 Å². The Kier molecular flexibility index (Phi) is 6.05. The van der Waals surface area contributed by atoms with Gasteiger partial charge in [-0.05, 0) is 63.4 Å². The fourth-order valence-electron chi connectivity index (χ4n) is 6.92. The van der Waals surface area contributed by atoms with E-state index in [9.17, 15) is 0 Å². The van der Waals surface area contributed by atoms with Gasteiger partial charge in [0.1, 0.15) is 11.2 Å². The fraction of sp³-hybridized carbons (Fsp3) is 0. The van der Waals surface area contributed by atoms with Crippen molar-refractivity contribution in [2.75, 3.05) is 0 Å². The normalized spacial score (nSPS) is 11.8. The zero-order valence-electron chi connectivity index (χ0n) is 25.7. The molecule has 0 bridgehead atoms. The maximum absolute atomic E-state index is 6.52. The Morgan fingerprint density at radius 3 is 2.06 bits per heavy atom. The number of benzene rings is 7. The summed E-state index contributed by atoms with van der Waals surface area (Å²) in [6.07, 6.45) is 0. The lowest BCUT2D eigenvalue weighted by molar-refractivity contribution is 0.669. The van der Waals surface area contributed by atoms with Crippen molar-refractivity contribution in [2.24, 2.45) is 0 Å². The molecule has 3 nitrogen and oxygen atoms in total. The van der Waals surface area contributed by atoms with Crippen molar-refractivity contribution in [1.29, 1.82) is 0 Å². The zero-order chi connectivity index (χ0) is 31.6. The average Bonchev–Trinajstić information content (AvgIpc) is 3.73. The molecule has 7 aromatic carbocycles. The van der Waals surface area contributed by atoms with Crippen LogP contribution in [0.25, 0.3) is 97.9 Å². The van der Waals surface area contributed by atoms with Gasteiger partial charge in [0.2, 0.25) is 0 Å². The Labute approximate surface area is 280 Å². The monoisotopic (exact) mass is 630 g/mol. The second-order valence-electron chi connectivity index (χ2n) is 12.2. The maximum Gasteiger partial charge on any atom is 0.161 e. The van der Waals surface area contributed by atoms with E-state index in [1.54, 1.807) is 11.3 Å². The van der Waals surface area contributed by atoms with Gasteiger partial charge in [0, 0.05) is 32.0 Å². The van der Waals surface area contributed by atoms with Gasteiger partial charge in [0.05, 0.1) is 15.9 Å². The van der Waals surface area contributed by atoms with Crippen LogP contribution in [0, 0.1) is 0 Å². The number of furan rings is 1. The molecule has 0 amide bonds. The van der Waals surface area contributed by atoms with Gasteiger partial charge in [-0.1, -0.05) is 127 Å².